The number of rotatable bonds is 4. The van der Waals surface area contributed by atoms with E-state index in [0.717, 1.165) is 43.4 Å². The molecular formula is C21H22Cl2N2O3S. The number of hydrogen-bond donors (Lipinski definition) is 1. The van der Waals surface area contributed by atoms with Crippen LogP contribution in [0.25, 0.3) is 0 Å². The Balaban J connectivity index is 1.71. The fraction of sp³-hybridized carbons (Fsp3) is 0.381. The van der Waals surface area contributed by atoms with E-state index in [-0.39, 0.29) is 38.5 Å². The summed E-state index contributed by atoms with van der Waals surface area (Å²) in [6.07, 6.45) is 4.34. The monoisotopic (exact) mass is 452 g/mol. The van der Waals surface area contributed by atoms with E-state index in [0.29, 0.717) is 0 Å². The van der Waals surface area contributed by atoms with Gasteiger partial charge in [-0.1, -0.05) is 54.2 Å². The van der Waals surface area contributed by atoms with E-state index >= 15 is 0 Å². The Bertz CT molecular complexity index is 1070. The van der Waals surface area contributed by atoms with E-state index < -0.39 is 10.0 Å². The number of halogens is 2. The van der Waals surface area contributed by atoms with Crippen molar-refractivity contribution in [1.29, 1.82) is 0 Å². The molecule has 1 fully saturated rings. The number of fused-ring (bicyclic) bond motifs is 1. The zero-order chi connectivity index (χ0) is 20.8. The molecule has 1 amide bonds. The summed E-state index contributed by atoms with van der Waals surface area (Å²) in [5, 5.41) is 0.142. The molecule has 1 unspecified atom stereocenters. The third kappa shape index (κ3) is 3.91. The number of carbonyl (C=O) groups excluding carboxylic acids is 1. The number of sulfonamides is 1. The van der Waals surface area contributed by atoms with Crippen molar-refractivity contribution in [2.45, 2.75) is 56.0 Å². The number of benzene rings is 2. The standard InChI is InChI=1S/C21H22Cl2N2O3S/c1-13-10-14-6-2-5-9-19(14)25(13)21(26)16-11-20(18(23)12-17(16)22)29(27,28)24-15-7-3-4-8-15/h2,5-6,9,11-13,15,24H,3-4,7-8,10H2,1H3. The molecule has 0 radical (unpaired) electrons. The maximum absolute atomic E-state index is 13.4. The molecule has 5 nitrogen and oxygen atoms in total. The van der Waals surface area contributed by atoms with Gasteiger partial charge in [0.2, 0.25) is 10.0 Å². The minimum atomic E-state index is -3.86. The predicted octanol–water partition coefficient (Wildman–Crippen LogP) is 4.81. The van der Waals surface area contributed by atoms with Gasteiger partial charge < -0.3 is 4.90 Å². The fourth-order valence-electron chi connectivity index (χ4n) is 4.23. The molecule has 154 valence electrons. The Morgan fingerprint density at radius 3 is 2.52 bits per heavy atom. The first-order chi connectivity index (χ1) is 13.8. The van der Waals surface area contributed by atoms with Gasteiger partial charge in [0.1, 0.15) is 4.90 Å². The molecule has 2 aromatic rings. The van der Waals surface area contributed by atoms with Crippen LogP contribution in [-0.4, -0.2) is 26.4 Å². The van der Waals surface area contributed by atoms with Crippen molar-refractivity contribution in [3.8, 4) is 0 Å². The van der Waals surface area contributed by atoms with E-state index in [2.05, 4.69) is 4.72 Å². The highest BCUT2D eigenvalue weighted by molar-refractivity contribution is 7.89. The lowest BCUT2D eigenvalue weighted by molar-refractivity contribution is 0.0981. The summed E-state index contributed by atoms with van der Waals surface area (Å²) in [6, 6.07) is 10.2. The Hall–Kier alpha value is -1.60. The first-order valence-corrected chi connectivity index (χ1v) is 11.9. The molecule has 29 heavy (non-hydrogen) atoms. The van der Waals surface area contributed by atoms with E-state index in [9.17, 15) is 13.2 Å². The van der Waals surface area contributed by atoms with Crippen molar-refractivity contribution in [1.82, 2.24) is 4.72 Å². The van der Waals surface area contributed by atoms with Crippen molar-refractivity contribution < 1.29 is 13.2 Å². The molecule has 2 aromatic carbocycles. The summed E-state index contributed by atoms with van der Waals surface area (Å²) in [5.41, 5.74) is 2.03. The molecule has 0 saturated heterocycles. The zero-order valence-electron chi connectivity index (χ0n) is 16.0. The van der Waals surface area contributed by atoms with E-state index in [1.54, 1.807) is 4.90 Å². The maximum Gasteiger partial charge on any atom is 0.260 e. The van der Waals surface area contributed by atoms with Crippen LogP contribution in [0.15, 0.2) is 41.3 Å². The number of amides is 1. The molecule has 1 atom stereocenters. The number of hydrogen-bond acceptors (Lipinski definition) is 3. The summed E-state index contributed by atoms with van der Waals surface area (Å²) < 4.78 is 28.5. The Morgan fingerprint density at radius 1 is 1.10 bits per heavy atom. The van der Waals surface area contributed by atoms with Crippen molar-refractivity contribution in [2.24, 2.45) is 0 Å². The molecule has 0 aromatic heterocycles. The topological polar surface area (TPSA) is 66.5 Å². The van der Waals surface area contributed by atoms with Crippen LogP contribution in [-0.2, 0) is 16.4 Å². The van der Waals surface area contributed by atoms with Crippen LogP contribution in [0.5, 0.6) is 0 Å². The van der Waals surface area contributed by atoms with Gasteiger partial charge in [0.05, 0.1) is 15.6 Å². The Morgan fingerprint density at radius 2 is 1.79 bits per heavy atom. The van der Waals surface area contributed by atoms with E-state index in [1.165, 1.54) is 12.1 Å². The van der Waals surface area contributed by atoms with Crippen LogP contribution < -0.4 is 9.62 Å². The van der Waals surface area contributed by atoms with Gasteiger partial charge in [-0.3, -0.25) is 4.79 Å². The minimum Gasteiger partial charge on any atom is -0.305 e. The molecule has 1 aliphatic heterocycles. The van der Waals surface area contributed by atoms with E-state index in [4.69, 9.17) is 23.2 Å². The summed E-state index contributed by atoms with van der Waals surface area (Å²) in [6.45, 7) is 1.96. The summed E-state index contributed by atoms with van der Waals surface area (Å²) in [5.74, 6) is -0.332. The van der Waals surface area contributed by atoms with Crippen LogP contribution in [0.4, 0.5) is 5.69 Å². The summed E-state index contributed by atoms with van der Waals surface area (Å²) in [7, 11) is -3.86. The number of anilines is 1. The Labute approximate surface area is 181 Å². The molecular weight excluding hydrogens is 431 g/mol. The number of carbonyl (C=O) groups is 1. The summed E-state index contributed by atoms with van der Waals surface area (Å²) in [4.78, 5) is 14.9. The van der Waals surface area contributed by atoms with Crippen molar-refractivity contribution in [3.05, 3.63) is 57.6 Å². The third-order valence-electron chi connectivity index (χ3n) is 5.64. The van der Waals surface area contributed by atoms with Crippen LogP contribution in [0.1, 0.15) is 48.5 Å². The molecule has 1 heterocycles. The molecule has 4 rings (SSSR count). The minimum absolute atomic E-state index is 0.00641. The van der Waals surface area contributed by atoms with Gasteiger partial charge in [-0.05, 0) is 49.9 Å². The lowest BCUT2D eigenvalue weighted by Crippen LogP contribution is -2.36. The second-order valence-corrected chi connectivity index (χ2v) is 10.2. The SMILES string of the molecule is CC1Cc2ccccc2N1C(=O)c1cc(S(=O)(=O)NC2CCCC2)c(Cl)cc1Cl. The van der Waals surface area contributed by atoms with Crippen molar-refractivity contribution >= 4 is 44.8 Å². The molecule has 1 N–H and O–H groups in total. The highest BCUT2D eigenvalue weighted by atomic mass is 35.5. The highest BCUT2D eigenvalue weighted by Gasteiger charge is 2.34. The lowest BCUT2D eigenvalue weighted by atomic mass is 10.1. The predicted molar refractivity (Wildman–Crippen MR) is 115 cm³/mol. The number of para-hydroxylation sites is 1. The van der Waals surface area contributed by atoms with Crippen LogP contribution in [0, 0.1) is 0 Å². The van der Waals surface area contributed by atoms with E-state index in [1.807, 2.05) is 31.2 Å². The molecule has 8 heteroatoms. The Kier molecular flexibility index (Phi) is 5.64. The molecule has 0 spiro atoms. The highest BCUT2D eigenvalue weighted by Crippen LogP contribution is 2.36. The third-order valence-corrected chi connectivity index (χ3v) is 7.94. The molecule has 1 aliphatic carbocycles. The quantitative estimate of drug-likeness (QED) is 0.723. The smallest absolute Gasteiger partial charge is 0.260 e. The lowest BCUT2D eigenvalue weighted by Gasteiger charge is -2.24. The van der Waals surface area contributed by atoms with Crippen LogP contribution in [0.3, 0.4) is 0 Å². The van der Waals surface area contributed by atoms with Gasteiger partial charge in [0, 0.05) is 17.8 Å². The van der Waals surface area contributed by atoms with Gasteiger partial charge in [-0.15, -0.1) is 0 Å². The van der Waals surface area contributed by atoms with Gasteiger partial charge in [-0.25, -0.2) is 13.1 Å². The average Bonchev–Trinajstić information content (AvgIpc) is 3.27. The largest absolute Gasteiger partial charge is 0.305 e. The second kappa shape index (κ2) is 7.91. The van der Waals surface area contributed by atoms with Gasteiger partial charge >= 0.3 is 0 Å². The van der Waals surface area contributed by atoms with Crippen molar-refractivity contribution in [3.63, 3.8) is 0 Å². The zero-order valence-corrected chi connectivity index (χ0v) is 18.3. The van der Waals surface area contributed by atoms with Crippen LogP contribution >= 0.6 is 23.2 Å². The van der Waals surface area contributed by atoms with Crippen LogP contribution in [0.2, 0.25) is 10.0 Å². The second-order valence-electron chi connectivity index (χ2n) is 7.72. The van der Waals surface area contributed by atoms with Gasteiger partial charge in [0.15, 0.2) is 0 Å². The fourth-order valence-corrected chi connectivity index (χ4v) is 6.39. The first kappa shape index (κ1) is 20.7. The first-order valence-electron chi connectivity index (χ1n) is 9.71. The molecule has 2 aliphatic rings. The van der Waals surface area contributed by atoms with Crippen molar-refractivity contribution in [2.75, 3.05) is 4.90 Å². The molecule has 0 bridgehead atoms. The van der Waals surface area contributed by atoms with Gasteiger partial charge in [-0.2, -0.15) is 0 Å². The number of nitrogens with one attached hydrogen (secondary N) is 1. The number of nitrogens with zero attached hydrogens (tertiary/aromatic N) is 1. The summed E-state index contributed by atoms with van der Waals surface area (Å²) >= 11 is 12.5. The maximum atomic E-state index is 13.4. The van der Waals surface area contributed by atoms with Gasteiger partial charge in [0.25, 0.3) is 5.91 Å². The molecule has 1 saturated carbocycles. The average molecular weight is 453 g/mol. The normalized spacial score (nSPS) is 19.6.